The number of nitrogens with two attached hydrogens (primary N) is 1. The van der Waals surface area contributed by atoms with Crippen LogP contribution in [0, 0.1) is 6.92 Å². The third kappa shape index (κ3) is 3.84. The van der Waals surface area contributed by atoms with Gasteiger partial charge in [-0.2, -0.15) is 0 Å². The molecule has 140 valence electrons. The smallest absolute Gasteiger partial charge is 0.234 e. The molecule has 0 saturated carbocycles. The number of nitrogen functional groups attached to an aromatic ring is 1. The van der Waals surface area contributed by atoms with Gasteiger partial charge in [-0.25, -0.2) is 4.68 Å². The van der Waals surface area contributed by atoms with Crippen molar-refractivity contribution in [1.82, 2.24) is 14.9 Å². The highest BCUT2D eigenvalue weighted by molar-refractivity contribution is 7.99. The van der Waals surface area contributed by atoms with Gasteiger partial charge in [-0.05, 0) is 29.8 Å². The van der Waals surface area contributed by atoms with E-state index in [-0.39, 0.29) is 11.7 Å². The van der Waals surface area contributed by atoms with E-state index in [2.05, 4.69) is 15.5 Å². The molecule has 0 aliphatic rings. The maximum atomic E-state index is 12.3. The number of nitrogens with zero attached hydrogens (tertiary/aromatic N) is 3. The molecule has 4 aromatic rings. The Kier molecular flexibility index (Phi) is 4.99. The van der Waals surface area contributed by atoms with Crippen LogP contribution in [0.3, 0.4) is 0 Å². The molecule has 7 heteroatoms. The van der Waals surface area contributed by atoms with E-state index in [1.807, 2.05) is 73.7 Å². The molecule has 1 aromatic heterocycles. The molecule has 28 heavy (non-hydrogen) atoms. The van der Waals surface area contributed by atoms with E-state index < -0.39 is 0 Å². The van der Waals surface area contributed by atoms with Crippen molar-refractivity contribution in [2.75, 3.05) is 16.9 Å². The molecular formula is C21H19N5OS. The van der Waals surface area contributed by atoms with E-state index in [1.165, 1.54) is 16.4 Å². The van der Waals surface area contributed by atoms with Crippen molar-refractivity contribution in [2.24, 2.45) is 0 Å². The number of nitrogens with one attached hydrogen (secondary N) is 1. The van der Waals surface area contributed by atoms with Crippen molar-refractivity contribution < 1.29 is 4.79 Å². The number of benzene rings is 3. The minimum Gasteiger partial charge on any atom is -0.335 e. The molecule has 0 unspecified atom stereocenters. The summed E-state index contributed by atoms with van der Waals surface area (Å²) < 4.78 is 1.42. The van der Waals surface area contributed by atoms with Gasteiger partial charge in [0.05, 0.1) is 5.75 Å². The number of thioether (sulfide) groups is 1. The van der Waals surface area contributed by atoms with Crippen LogP contribution in [0.25, 0.3) is 22.2 Å². The van der Waals surface area contributed by atoms with E-state index in [4.69, 9.17) is 5.84 Å². The highest BCUT2D eigenvalue weighted by atomic mass is 32.2. The summed E-state index contributed by atoms with van der Waals surface area (Å²) in [6.45, 7) is 2.02. The van der Waals surface area contributed by atoms with Gasteiger partial charge >= 0.3 is 0 Å². The Labute approximate surface area is 166 Å². The third-order valence-corrected chi connectivity index (χ3v) is 5.28. The number of rotatable bonds is 5. The first kappa shape index (κ1) is 18.1. The van der Waals surface area contributed by atoms with Crippen molar-refractivity contribution in [1.29, 1.82) is 0 Å². The monoisotopic (exact) mass is 389 g/mol. The van der Waals surface area contributed by atoms with Crippen LogP contribution in [0.4, 0.5) is 5.69 Å². The molecule has 0 aliphatic carbocycles. The number of fused-ring (bicyclic) bond motifs is 1. The van der Waals surface area contributed by atoms with E-state index in [1.54, 1.807) is 0 Å². The van der Waals surface area contributed by atoms with Crippen molar-refractivity contribution >= 4 is 34.1 Å². The Morgan fingerprint density at radius 1 is 1.04 bits per heavy atom. The molecule has 0 saturated heterocycles. The molecule has 0 atom stereocenters. The van der Waals surface area contributed by atoms with Crippen LogP contribution in [0.5, 0.6) is 0 Å². The Hall–Kier alpha value is -3.32. The highest BCUT2D eigenvalue weighted by Crippen LogP contribution is 2.23. The lowest BCUT2D eigenvalue weighted by molar-refractivity contribution is -0.113. The predicted molar refractivity (Wildman–Crippen MR) is 114 cm³/mol. The SMILES string of the molecule is Cc1ccc(-c2nnc(SCC(=O)Nc3ccc4ccccc4c3)n2N)cc1. The number of carbonyl (C=O) groups excluding carboxylic acids is 1. The van der Waals surface area contributed by atoms with Crippen molar-refractivity contribution in [3.8, 4) is 11.4 Å². The number of hydrogen-bond acceptors (Lipinski definition) is 5. The van der Waals surface area contributed by atoms with Gasteiger partial charge in [-0.15, -0.1) is 10.2 Å². The average molecular weight is 389 g/mol. The van der Waals surface area contributed by atoms with Crippen LogP contribution in [0.1, 0.15) is 5.56 Å². The molecule has 4 rings (SSSR count). The van der Waals surface area contributed by atoms with Gasteiger partial charge in [0.25, 0.3) is 0 Å². The molecule has 0 spiro atoms. The summed E-state index contributed by atoms with van der Waals surface area (Å²) in [6.07, 6.45) is 0. The Morgan fingerprint density at radius 2 is 1.79 bits per heavy atom. The van der Waals surface area contributed by atoms with Crippen molar-refractivity contribution in [3.63, 3.8) is 0 Å². The summed E-state index contributed by atoms with van der Waals surface area (Å²) >= 11 is 1.25. The molecule has 0 aliphatic heterocycles. The first-order valence-electron chi connectivity index (χ1n) is 8.79. The van der Waals surface area contributed by atoms with E-state index >= 15 is 0 Å². The van der Waals surface area contributed by atoms with Crippen molar-refractivity contribution in [3.05, 3.63) is 72.3 Å². The van der Waals surface area contributed by atoms with Crippen LogP contribution in [-0.4, -0.2) is 26.5 Å². The lowest BCUT2D eigenvalue weighted by Gasteiger charge is -2.07. The lowest BCUT2D eigenvalue weighted by atomic mass is 10.1. The number of carbonyl (C=O) groups is 1. The summed E-state index contributed by atoms with van der Waals surface area (Å²) in [7, 11) is 0. The Balaban J connectivity index is 1.41. The van der Waals surface area contributed by atoms with Gasteiger partial charge in [0.1, 0.15) is 0 Å². The molecule has 0 radical (unpaired) electrons. The quantitative estimate of drug-likeness (QED) is 0.400. The van der Waals surface area contributed by atoms with E-state index in [0.717, 1.165) is 27.6 Å². The summed E-state index contributed by atoms with van der Waals surface area (Å²) in [5.41, 5.74) is 2.80. The van der Waals surface area contributed by atoms with Crippen LogP contribution >= 0.6 is 11.8 Å². The molecule has 3 aromatic carbocycles. The van der Waals surface area contributed by atoms with Gasteiger partial charge in [-0.3, -0.25) is 4.79 Å². The average Bonchev–Trinajstić information content (AvgIpc) is 3.07. The van der Waals surface area contributed by atoms with Gasteiger partial charge in [0.15, 0.2) is 5.82 Å². The van der Waals surface area contributed by atoms with Gasteiger partial charge < -0.3 is 11.2 Å². The standard InChI is InChI=1S/C21H19N5OS/c1-14-6-8-16(9-7-14)20-24-25-21(26(20)22)28-13-19(27)23-18-11-10-15-4-2-3-5-17(15)12-18/h2-12H,13,22H2,1H3,(H,23,27). The number of aromatic nitrogens is 3. The second kappa shape index (κ2) is 7.74. The molecular weight excluding hydrogens is 370 g/mol. The lowest BCUT2D eigenvalue weighted by Crippen LogP contribution is -2.16. The normalized spacial score (nSPS) is 10.9. The zero-order valence-corrected chi connectivity index (χ0v) is 16.1. The molecule has 0 bridgehead atoms. The molecule has 1 heterocycles. The van der Waals surface area contributed by atoms with Crippen LogP contribution in [0.15, 0.2) is 71.9 Å². The zero-order chi connectivity index (χ0) is 19.5. The van der Waals surface area contributed by atoms with Crippen molar-refractivity contribution in [2.45, 2.75) is 12.1 Å². The second-order valence-electron chi connectivity index (χ2n) is 6.44. The van der Waals surface area contributed by atoms with E-state index in [0.29, 0.717) is 11.0 Å². The van der Waals surface area contributed by atoms with E-state index in [9.17, 15) is 4.79 Å². The van der Waals surface area contributed by atoms with Gasteiger partial charge in [0.2, 0.25) is 11.1 Å². The largest absolute Gasteiger partial charge is 0.335 e. The first-order chi connectivity index (χ1) is 13.6. The maximum absolute atomic E-state index is 12.3. The third-order valence-electron chi connectivity index (χ3n) is 4.34. The highest BCUT2D eigenvalue weighted by Gasteiger charge is 2.14. The molecule has 0 fully saturated rings. The fourth-order valence-electron chi connectivity index (χ4n) is 2.87. The number of anilines is 1. The Bertz CT molecular complexity index is 1140. The minimum atomic E-state index is -0.125. The second-order valence-corrected chi connectivity index (χ2v) is 7.38. The molecule has 3 N–H and O–H groups in total. The summed E-state index contributed by atoms with van der Waals surface area (Å²) in [5.74, 6) is 6.75. The first-order valence-corrected chi connectivity index (χ1v) is 9.78. The maximum Gasteiger partial charge on any atom is 0.234 e. The zero-order valence-electron chi connectivity index (χ0n) is 15.3. The summed E-state index contributed by atoms with van der Waals surface area (Å²) in [6, 6.07) is 21.7. The number of hydrogen-bond donors (Lipinski definition) is 2. The van der Waals surface area contributed by atoms with Crippen LogP contribution in [-0.2, 0) is 4.79 Å². The minimum absolute atomic E-state index is 0.125. The van der Waals surface area contributed by atoms with Crippen LogP contribution in [0.2, 0.25) is 0 Å². The summed E-state index contributed by atoms with van der Waals surface area (Å²) in [5, 5.41) is 13.9. The van der Waals surface area contributed by atoms with Gasteiger partial charge in [0, 0.05) is 11.3 Å². The Morgan fingerprint density at radius 3 is 2.57 bits per heavy atom. The number of aryl methyl sites for hydroxylation is 1. The topological polar surface area (TPSA) is 85.8 Å². The fourth-order valence-corrected chi connectivity index (χ4v) is 3.53. The van der Waals surface area contributed by atoms with Gasteiger partial charge in [-0.1, -0.05) is 71.9 Å². The van der Waals surface area contributed by atoms with Crippen LogP contribution < -0.4 is 11.2 Å². The fraction of sp³-hybridized carbons (Fsp3) is 0.0952. The predicted octanol–water partition coefficient (Wildman–Crippen LogP) is 3.85. The summed E-state index contributed by atoms with van der Waals surface area (Å²) in [4.78, 5) is 12.3. The number of amides is 1. The molecule has 6 nitrogen and oxygen atoms in total. The molecule has 1 amide bonds.